The topological polar surface area (TPSA) is 54.5 Å². The first-order chi connectivity index (χ1) is 15.4. The molecule has 3 aromatic carbocycles. The van der Waals surface area contributed by atoms with E-state index < -0.39 is 0 Å². The highest BCUT2D eigenvalue weighted by Gasteiger charge is 2.24. The van der Waals surface area contributed by atoms with Crippen LogP contribution in [-0.2, 0) is 0 Å². The predicted octanol–water partition coefficient (Wildman–Crippen LogP) is 7.03. The van der Waals surface area contributed by atoms with Crippen LogP contribution in [-0.4, -0.2) is 14.8 Å². The highest BCUT2D eigenvalue weighted by atomic mass is 15.3. The first-order valence-corrected chi connectivity index (χ1v) is 11.1. The molecular weight excluding hydrogens is 392 g/mol. The molecule has 32 heavy (non-hydrogen) atoms. The molecule has 1 aromatic heterocycles. The van der Waals surface area contributed by atoms with Crippen molar-refractivity contribution in [3.05, 3.63) is 89.0 Å². The second-order valence-electron chi connectivity index (χ2n) is 8.78. The van der Waals surface area contributed by atoms with Crippen LogP contribution in [0.25, 0.3) is 28.5 Å². The molecule has 0 aliphatic rings. The third-order valence-corrected chi connectivity index (χ3v) is 5.89. The van der Waals surface area contributed by atoms with Crippen molar-refractivity contribution in [1.82, 2.24) is 14.8 Å². The van der Waals surface area contributed by atoms with Crippen molar-refractivity contribution < 1.29 is 0 Å². The summed E-state index contributed by atoms with van der Waals surface area (Å²) in [6.45, 7) is 11.0. The molecule has 0 fully saturated rings. The molecule has 4 nitrogen and oxygen atoms in total. The zero-order valence-electron chi connectivity index (χ0n) is 19.3. The summed E-state index contributed by atoms with van der Waals surface area (Å²) in [5, 5.41) is 18.6. The van der Waals surface area contributed by atoms with Crippen molar-refractivity contribution in [2.45, 2.75) is 46.5 Å². The van der Waals surface area contributed by atoms with Crippen LogP contribution in [0.3, 0.4) is 0 Å². The minimum atomic E-state index is 0.338. The first-order valence-electron chi connectivity index (χ1n) is 11.1. The molecule has 0 unspecified atom stereocenters. The van der Waals surface area contributed by atoms with Gasteiger partial charge in [0.15, 0.2) is 11.6 Å². The molecule has 0 bridgehead atoms. The summed E-state index contributed by atoms with van der Waals surface area (Å²) in [6.07, 6.45) is 0. The molecule has 0 atom stereocenters. The van der Waals surface area contributed by atoms with Gasteiger partial charge in [0, 0.05) is 11.1 Å². The average molecular weight is 421 g/mol. The fraction of sp³-hybridized carbons (Fsp3) is 0.250. The fourth-order valence-electron chi connectivity index (χ4n) is 4.15. The van der Waals surface area contributed by atoms with Gasteiger partial charge in [0.05, 0.1) is 17.3 Å². The minimum Gasteiger partial charge on any atom is -0.274 e. The summed E-state index contributed by atoms with van der Waals surface area (Å²) >= 11 is 0. The number of hydrogen-bond donors (Lipinski definition) is 0. The average Bonchev–Trinajstić information content (AvgIpc) is 3.23. The molecule has 0 saturated carbocycles. The van der Waals surface area contributed by atoms with Crippen molar-refractivity contribution in [2.75, 3.05) is 0 Å². The molecule has 0 saturated heterocycles. The van der Waals surface area contributed by atoms with E-state index in [1.807, 2.05) is 36.4 Å². The van der Waals surface area contributed by atoms with E-state index in [4.69, 9.17) is 5.10 Å². The van der Waals surface area contributed by atoms with E-state index in [9.17, 15) is 5.26 Å². The molecule has 4 aromatic rings. The third kappa shape index (κ3) is 3.83. The SMILES string of the molecule is Cc1ccccc1-c1nnc(-c2ccc(C#N)cc2)n1-c1c(C(C)C)cccc1C(C)C. The smallest absolute Gasteiger partial charge is 0.169 e. The molecule has 160 valence electrons. The molecule has 0 radical (unpaired) electrons. The fourth-order valence-corrected chi connectivity index (χ4v) is 4.15. The first kappa shape index (κ1) is 21.5. The summed E-state index contributed by atoms with van der Waals surface area (Å²) < 4.78 is 2.22. The van der Waals surface area contributed by atoms with E-state index in [0.29, 0.717) is 17.4 Å². The number of nitrogens with zero attached hydrogens (tertiary/aromatic N) is 4. The van der Waals surface area contributed by atoms with Crippen LogP contribution in [0.5, 0.6) is 0 Å². The Morgan fingerprint density at radius 2 is 1.34 bits per heavy atom. The van der Waals surface area contributed by atoms with Crippen LogP contribution in [0.2, 0.25) is 0 Å². The molecular formula is C28H28N4. The number of aryl methyl sites for hydroxylation is 1. The Balaban J connectivity index is 2.10. The molecule has 4 heteroatoms. The van der Waals surface area contributed by atoms with Gasteiger partial charge in [-0.25, -0.2) is 0 Å². The summed E-state index contributed by atoms with van der Waals surface area (Å²) in [4.78, 5) is 0. The Kier molecular flexibility index (Phi) is 5.92. The van der Waals surface area contributed by atoms with Gasteiger partial charge in [-0.1, -0.05) is 70.2 Å². The summed E-state index contributed by atoms with van der Waals surface area (Å²) in [7, 11) is 0. The van der Waals surface area contributed by atoms with Gasteiger partial charge in [0.1, 0.15) is 0 Å². The minimum absolute atomic E-state index is 0.338. The maximum absolute atomic E-state index is 9.23. The zero-order chi connectivity index (χ0) is 22.8. The second kappa shape index (κ2) is 8.80. The predicted molar refractivity (Wildman–Crippen MR) is 130 cm³/mol. The molecule has 1 heterocycles. The lowest BCUT2D eigenvalue weighted by Crippen LogP contribution is -2.10. The van der Waals surface area contributed by atoms with Gasteiger partial charge in [-0.3, -0.25) is 4.57 Å². The van der Waals surface area contributed by atoms with Gasteiger partial charge >= 0.3 is 0 Å². The summed E-state index contributed by atoms with van der Waals surface area (Å²) in [5.41, 5.74) is 7.46. The van der Waals surface area contributed by atoms with Gasteiger partial charge < -0.3 is 0 Å². The Morgan fingerprint density at radius 1 is 0.750 bits per heavy atom. The van der Waals surface area contributed by atoms with Crippen molar-refractivity contribution in [1.29, 1.82) is 5.26 Å². The Bertz CT molecular complexity index is 1260. The molecule has 0 aliphatic carbocycles. The van der Waals surface area contributed by atoms with Crippen LogP contribution < -0.4 is 0 Å². The highest BCUT2D eigenvalue weighted by molar-refractivity contribution is 5.71. The number of hydrogen-bond acceptors (Lipinski definition) is 3. The molecule has 4 rings (SSSR count). The normalized spacial score (nSPS) is 11.2. The largest absolute Gasteiger partial charge is 0.274 e. The molecule has 0 aliphatic heterocycles. The van der Waals surface area contributed by atoms with Crippen LogP contribution in [0.15, 0.2) is 66.7 Å². The number of benzene rings is 3. The lowest BCUT2D eigenvalue weighted by molar-refractivity contribution is 0.807. The molecule has 0 N–H and O–H groups in total. The molecule has 0 amide bonds. The van der Waals surface area contributed by atoms with E-state index in [0.717, 1.165) is 34.0 Å². The van der Waals surface area contributed by atoms with Crippen molar-refractivity contribution in [3.63, 3.8) is 0 Å². The van der Waals surface area contributed by atoms with Gasteiger partial charge in [-0.15, -0.1) is 10.2 Å². The standard InChI is InChI=1S/C28H28N4/c1-18(2)23-11-8-12-24(19(3)4)26(23)32-27(22-15-13-21(17-29)14-16-22)30-31-28(32)25-10-7-6-9-20(25)5/h6-16,18-19H,1-5H3. The van der Waals surface area contributed by atoms with Crippen molar-refractivity contribution >= 4 is 0 Å². The van der Waals surface area contributed by atoms with Crippen LogP contribution >= 0.6 is 0 Å². The van der Waals surface area contributed by atoms with E-state index in [2.05, 4.69) is 80.7 Å². The maximum atomic E-state index is 9.23. The quantitative estimate of drug-likeness (QED) is 0.348. The van der Waals surface area contributed by atoms with Gasteiger partial charge in [-0.2, -0.15) is 5.26 Å². The monoisotopic (exact) mass is 420 g/mol. The Morgan fingerprint density at radius 3 is 1.91 bits per heavy atom. The van der Waals surface area contributed by atoms with Gasteiger partial charge in [0.2, 0.25) is 0 Å². The van der Waals surface area contributed by atoms with Gasteiger partial charge in [-0.05, 0) is 59.7 Å². The lowest BCUT2D eigenvalue weighted by Gasteiger charge is -2.23. The van der Waals surface area contributed by atoms with E-state index >= 15 is 0 Å². The lowest BCUT2D eigenvalue weighted by atomic mass is 9.92. The maximum Gasteiger partial charge on any atom is 0.169 e. The third-order valence-electron chi connectivity index (χ3n) is 5.89. The van der Waals surface area contributed by atoms with E-state index in [1.54, 1.807) is 0 Å². The number of para-hydroxylation sites is 1. The number of rotatable bonds is 5. The highest BCUT2D eigenvalue weighted by Crippen LogP contribution is 2.37. The summed E-state index contributed by atoms with van der Waals surface area (Å²) in [5.74, 6) is 2.29. The van der Waals surface area contributed by atoms with Crippen LogP contribution in [0, 0.1) is 18.3 Å². The second-order valence-corrected chi connectivity index (χ2v) is 8.78. The van der Waals surface area contributed by atoms with Crippen LogP contribution in [0.4, 0.5) is 0 Å². The van der Waals surface area contributed by atoms with Crippen LogP contribution in [0.1, 0.15) is 61.8 Å². The number of nitriles is 1. The van der Waals surface area contributed by atoms with Crippen molar-refractivity contribution in [2.24, 2.45) is 0 Å². The van der Waals surface area contributed by atoms with Gasteiger partial charge in [0.25, 0.3) is 0 Å². The number of aromatic nitrogens is 3. The summed E-state index contributed by atoms with van der Waals surface area (Å²) in [6, 6.07) is 24.6. The Labute approximate surface area is 190 Å². The molecule has 0 spiro atoms. The van der Waals surface area contributed by atoms with Crippen molar-refractivity contribution in [3.8, 4) is 34.5 Å². The Hall–Kier alpha value is -3.71. The van der Waals surface area contributed by atoms with E-state index in [1.165, 1.54) is 11.1 Å². The zero-order valence-corrected chi connectivity index (χ0v) is 19.3. The van der Waals surface area contributed by atoms with E-state index in [-0.39, 0.29) is 0 Å².